The summed E-state index contributed by atoms with van der Waals surface area (Å²) in [7, 11) is 0. The molecule has 1 unspecified atom stereocenters. The van der Waals surface area contributed by atoms with E-state index >= 15 is 0 Å². The van der Waals surface area contributed by atoms with Gasteiger partial charge in [-0.25, -0.2) is 4.79 Å². The van der Waals surface area contributed by atoms with Crippen molar-refractivity contribution in [2.45, 2.75) is 30.9 Å². The lowest BCUT2D eigenvalue weighted by Crippen LogP contribution is -2.57. The number of amides is 3. The number of nitrogens with zero attached hydrogens (tertiary/aromatic N) is 1. The highest BCUT2D eigenvalue weighted by molar-refractivity contribution is 6.30. The highest BCUT2D eigenvalue weighted by Crippen LogP contribution is 2.43. The van der Waals surface area contributed by atoms with Crippen LogP contribution in [0.2, 0.25) is 5.02 Å². The predicted molar refractivity (Wildman–Crippen MR) is 157 cm³/mol. The van der Waals surface area contributed by atoms with Crippen LogP contribution in [0, 0.1) is 0 Å². The Hall–Kier alpha value is -4.83. The molecule has 4 N–H and O–H groups in total. The fourth-order valence-corrected chi connectivity index (χ4v) is 5.94. The molecule has 42 heavy (non-hydrogen) atoms. The Bertz CT molecular complexity index is 1770. The molecule has 1 spiro atoms. The normalized spacial score (nSPS) is 18.6. The summed E-state index contributed by atoms with van der Waals surface area (Å²) in [5, 5.41) is 16.6. The van der Waals surface area contributed by atoms with Crippen LogP contribution in [0.4, 0.5) is 10.5 Å². The van der Waals surface area contributed by atoms with Crippen LogP contribution in [0.3, 0.4) is 0 Å². The standard InChI is InChI=1S/C31H27ClN4O6/c32-20-8-10-24-22(15-20)31(42-30(41)35-24)11-4-12-36(17-31)29(40)25(13-18-5-2-1-3-6-18)34-28(39)19-7-9-23-21(14-19)26(37)16-27(38)33-23/h1-3,5-10,14-16,25H,4,11-13,17H2,(H,34,39)(H,35,41)(H2,33,37,38)/t25-,31?/m0/s1. The Morgan fingerprint density at radius 3 is 2.69 bits per heavy atom. The number of carbonyl (C=O) groups is 3. The van der Waals surface area contributed by atoms with Gasteiger partial charge in [0.25, 0.3) is 11.5 Å². The third-order valence-electron chi connectivity index (χ3n) is 7.73. The van der Waals surface area contributed by atoms with Crippen LogP contribution in [-0.4, -0.2) is 52.0 Å². The summed E-state index contributed by atoms with van der Waals surface area (Å²) in [4.78, 5) is 56.0. The van der Waals surface area contributed by atoms with E-state index in [1.54, 1.807) is 23.1 Å². The smallest absolute Gasteiger partial charge is 0.412 e. The highest BCUT2D eigenvalue weighted by Gasteiger charge is 2.47. The Labute approximate surface area is 245 Å². The number of pyridine rings is 1. The van der Waals surface area contributed by atoms with Crippen molar-refractivity contribution in [1.29, 1.82) is 0 Å². The lowest BCUT2D eigenvalue weighted by Gasteiger charge is -2.45. The molecule has 3 aromatic carbocycles. The van der Waals surface area contributed by atoms with Crippen molar-refractivity contribution in [2.75, 3.05) is 18.4 Å². The Balaban J connectivity index is 1.30. The predicted octanol–water partition coefficient (Wildman–Crippen LogP) is 4.31. The van der Waals surface area contributed by atoms with Gasteiger partial charge < -0.3 is 25.0 Å². The fourth-order valence-electron chi connectivity index (χ4n) is 5.77. The molecule has 0 aliphatic carbocycles. The second kappa shape index (κ2) is 10.9. The summed E-state index contributed by atoms with van der Waals surface area (Å²) in [6.45, 7) is 0.519. The van der Waals surface area contributed by atoms with E-state index in [1.807, 2.05) is 30.3 Å². The van der Waals surface area contributed by atoms with Gasteiger partial charge in [-0.05, 0) is 54.8 Å². The topological polar surface area (TPSA) is 141 Å². The van der Waals surface area contributed by atoms with Gasteiger partial charge in [0.1, 0.15) is 11.8 Å². The monoisotopic (exact) mass is 586 g/mol. The SMILES string of the molecule is O=C1Nc2ccc(Cl)cc2C2(CCCN(C(=O)[C@H](Cc3ccccc3)NC(=O)c3ccc4[nH]c(=O)cc(O)c4c3)C2)O1. The zero-order valence-corrected chi connectivity index (χ0v) is 23.1. The second-order valence-corrected chi connectivity index (χ2v) is 11.0. The van der Waals surface area contributed by atoms with Gasteiger partial charge in [-0.3, -0.25) is 19.7 Å². The molecule has 2 aliphatic heterocycles. The molecule has 1 aromatic heterocycles. The van der Waals surface area contributed by atoms with Gasteiger partial charge in [-0.15, -0.1) is 0 Å². The summed E-state index contributed by atoms with van der Waals surface area (Å²) in [6.07, 6.45) is 0.703. The van der Waals surface area contributed by atoms with Crippen molar-refractivity contribution in [1.82, 2.24) is 15.2 Å². The number of likely N-dealkylation sites (tertiary alicyclic amines) is 1. The van der Waals surface area contributed by atoms with Gasteiger partial charge in [-0.1, -0.05) is 41.9 Å². The minimum atomic E-state index is -1.08. The molecule has 2 atom stereocenters. The van der Waals surface area contributed by atoms with Gasteiger partial charge >= 0.3 is 6.09 Å². The molecule has 11 heteroatoms. The number of rotatable bonds is 5. The van der Waals surface area contributed by atoms with Crippen molar-refractivity contribution in [2.24, 2.45) is 0 Å². The first kappa shape index (κ1) is 27.3. The lowest BCUT2D eigenvalue weighted by molar-refractivity contribution is -0.141. The molecule has 0 radical (unpaired) electrons. The number of nitrogens with one attached hydrogen (secondary N) is 3. The number of ether oxygens (including phenoxy) is 1. The molecule has 1 saturated heterocycles. The Morgan fingerprint density at radius 1 is 1.07 bits per heavy atom. The Morgan fingerprint density at radius 2 is 1.88 bits per heavy atom. The maximum atomic E-state index is 14.1. The van der Waals surface area contributed by atoms with Crippen molar-refractivity contribution >= 4 is 46.1 Å². The first-order valence-corrected chi connectivity index (χ1v) is 13.9. The van der Waals surface area contributed by atoms with Crippen LogP contribution in [0.25, 0.3) is 10.9 Å². The van der Waals surface area contributed by atoms with Crippen LogP contribution in [0.1, 0.15) is 34.3 Å². The number of aromatic hydroxyl groups is 1. The number of aromatic nitrogens is 1. The molecule has 3 heterocycles. The lowest BCUT2D eigenvalue weighted by atomic mass is 9.83. The molecule has 3 amide bonds. The molecule has 0 saturated carbocycles. The van der Waals surface area contributed by atoms with E-state index in [2.05, 4.69) is 15.6 Å². The van der Waals surface area contributed by atoms with Crippen LogP contribution < -0.4 is 16.2 Å². The molecular formula is C31H27ClN4O6. The zero-order chi connectivity index (χ0) is 29.4. The first-order valence-electron chi connectivity index (χ1n) is 13.5. The number of H-pyrrole nitrogens is 1. The van der Waals surface area contributed by atoms with E-state index in [0.717, 1.165) is 11.6 Å². The molecule has 0 bridgehead atoms. The van der Waals surface area contributed by atoms with Gasteiger partial charge in [0.2, 0.25) is 5.91 Å². The molecular weight excluding hydrogens is 560 g/mol. The number of piperidine rings is 1. The summed E-state index contributed by atoms with van der Waals surface area (Å²) in [6, 6.07) is 19.1. The van der Waals surface area contributed by atoms with Gasteiger partial charge in [-0.2, -0.15) is 0 Å². The van der Waals surface area contributed by atoms with Crippen LogP contribution in [0.5, 0.6) is 5.75 Å². The molecule has 214 valence electrons. The van der Waals surface area contributed by atoms with Crippen molar-refractivity contribution in [3.05, 3.63) is 105 Å². The fraction of sp³-hybridized carbons (Fsp3) is 0.226. The number of benzene rings is 3. The van der Waals surface area contributed by atoms with E-state index in [-0.39, 0.29) is 30.2 Å². The third-order valence-corrected chi connectivity index (χ3v) is 7.97. The molecule has 1 fully saturated rings. The van der Waals surface area contributed by atoms with Crippen LogP contribution in [-0.2, 0) is 21.6 Å². The van der Waals surface area contributed by atoms with Gasteiger partial charge in [0.05, 0.1) is 17.7 Å². The van der Waals surface area contributed by atoms with Crippen LogP contribution >= 0.6 is 11.6 Å². The average Bonchev–Trinajstić information content (AvgIpc) is 2.97. The summed E-state index contributed by atoms with van der Waals surface area (Å²) in [5.41, 5.74) is 1.18. The van der Waals surface area contributed by atoms with E-state index in [9.17, 15) is 24.3 Å². The van der Waals surface area contributed by atoms with E-state index in [1.165, 1.54) is 18.2 Å². The number of hydrogen-bond donors (Lipinski definition) is 4. The summed E-state index contributed by atoms with van der Waals surface area (Å²) < 4.78 is 5.85. The summed E-state index contributed by atoms with van der Waals surface area (Å²) in [5.74, 6) is -1.10. The third kappa shape index (κ3) is 5.28. The van der Waals surface area contributed by atoms with Crippen molar-refractivity contribution in [3.8, 4) is 5.75 Å². The average molecular weight is 587 g/mol. The number of carbonyl (C=O) groups excluding carboxylic acids is 3. The maximum Gasteiger partial charge on any atom is 0.412 e. The van der Waals surface area contributed by atoms with Gasteiger partial charge in [0, 0.05) is 40.6 Å². The number of aromatic amines is 1. The molecule has 10 nitrogen and oxygen atoms in total. The number of halogens is 1. The minimum Gasteiger partial charge on any atom is -0.507 e. The summed E-state index contributed by atoms with van der Waals surface area (Å²) >= 11 is 6.30. The van der Waals surface area contributed by atoms with Crippen molar-refractivity contribution in [3.63, 3.8) is 0 Å². The maximum absolute atomic E-state index is 14.1. The van der Waals surface area contributed by atoms with Gasteiger partial charge in [0.15, 0.2) is 5.60 Å². The molecule has 4 aromatic rings. The highest BCUT2D eigenvalue weighted by atomic mass is 35.5. The number of hydrogen-bond acceptors (Lipinski definition) is 6. The van der Waals surface area contributed by atoms with E-state index in [0.29, 0.717) is 46.6 Å². The largest absolute Gasteiger partial charge is 0.507 e. The number of anilines is 1. The van der Waals surface area contributed by atoms with Crippen LogP contribution in [0.15, 0.2) is 77.6 Å². The zero-order valence-electron chi connectivity index (χ0n) is 22.4. The van der Waals surface area contributed by atoms with E-state index < -0.39 is 29.2 Å². The minimum absolute atomic E-state index is 0.102. The quantitative estimate of drug-likeness (QED) is 0.275. The second-order valence-electron chi connectivity index (χ2n) is 10.6. The Kier molecular flexibility index (Phi) is 7.07. The molecule has 6 rings (SSSR count). The number of fused-ring (bicyclic) bond motifs is 3. The first-order chi connectivity index (χ1) is 20.2. The van der Waals surface area contributed by atoms with Crippen molar-refractivity contribution < 1.29 is 24.2 Å². The molecule has 2 aliphatic rings. The van der Waals surface area contributed by atoms with E-state index in [4.69, 9.17) is 16.3 Å².